The zero-order valence-corrected chi connectivity index (χ0v) is 11.6. The lowest BCUT2D eigenvalue weighted by molar-refractivity contribution is 0.0634. The van der Waals surface area contributed by atoms with E-state index < -0.39 is 0 Å². The first kappa shape index (κ1) is 13.5. The lowest BCUT2D eigenvalue weighted by Crippen LogP contribution is -2.52. The van der Waals surface area contributed by atoms with Gasteiger partial charge in [-0.2, -0.15) is 0 Å². The molecule has 1 fully saturated rings. The van der Waals surface area contributed by atoms with Crippen molar-refractivity contribution in [2.45, 2.75) is 25.9 Å². The van der Waals surface area contributed by atoms with E-state index in [9.17, 15) is 0 Å². The molecule has 1 saturated heterocycles. The summed E-state index contributed by atoms with van der Waals surface area (Å²) < 4.78 is 0. The Balaban J connectivity index is 2.15. The van der Waals surface area contributed by atoms with Gasteiger partial charge in [-0.15, -0.1) is 0 Å². The molecule has 1 aliphatic heterocycles. The van der Waals surface area contributed by atoms with Gasteiger partial charge in [0.15, 0.2) is 0 Å². The molecule has 0 amide bonds. The minimum Gasteiger partial charge on any atom is -0.329 e. The van der Waals surface area contributed by atoms with Gasteiger partial charge < -0.3 is 10.6 Å². The van der Waals surface area contributed by atoms with Gasteiger partial charge in [0.2, 0.25) is 0 Å². The molecule has 0 bridgehead atoms. The number of aromatic nitrogens is 1. The summed E-state index contributed by atoms with van der Waals surface area (Å²) in [5.41, 5.74) is 8.28. The SMILES string of the molecule is Cc1ccc(C(CN)N2CCN(C)CC2C)cn1. The first-order chi connectivity index (χ1) is 8.61. The average Bonchev–Trinajstić information content (AvgIpc) is 2.35. The van der Waals surface area contributed by atoms with E-state index in [1.807, 2.05) is 13.1 Å². The topological polar surface area (TPSA) is 45.4 Å². The highest BCUT2D eigenvalue weighted by Gasteiger charge is 2.28. The van der Waals surface area contributed by atoms with E-state index in [-0.39, 0.29) is 0 Å². The van der Waals surface area contributed by atoms with Crippen molar-refractivity contribution in [1.82, 2.24) is 14.8 Å². The summed E-state index contributed by atoms with van der Waals surface area (Å²) in [7, 11) is 2.18. The van der Waals surface area contributed by atoms with Crippen LogP contribution >= 0.6 is 0 Å². The summed E-state index contributed by atoms with van der Waals surface area (Å²) in [4.78, 5) is 9.27. The van der Waals surface area contributed by atoms with Crippen molar-refractivity contribution < 1.29 is 0 Å². The Morgan fingerprint density at radius 3 is 2.78 bits per heavy atom. The Bertz CT molecular complexity index is 376. The molecule has 0 aliphatic carbocycles. The van der Waals surface area contributed by atoms with Gasteiger partial charge in [0.1, 0.15) is 0 Å². The maximum atomic E-state index is 5.99. The first-order valence-electron chi connectivity index (χ1n) is 6.68. The Hall–Kier alpha value is -0.970. The number of pyridine rings is 1. The number of nitrogens with zero attached hydrogens (tertiary/aromatic N) is 3. The van der Waals surface area contributed by atoms with E-state index in [4.69, 9.17) is 5.73 Å². The summed E-state index contributed by atoms with van der Waals surface area (Å²) in [6.45, 7) is 8.24. The van der Waals surface area contributed by atoms with Crippen molar-refractivity contribution in [3.63, 3.8) is 0 Å². The van der Waals surface area contributed by atoms with E-state index >= 15 is 0 Å². The van der Waals surface area contributed by atoms with Gasteiger partial charge in [-0.1, -0.05) is 6.07 Å². The molecule has 1 aromatic heterocycles. The van der Waals surface area contributed by atoms with Crippen LogP contribution in [0.4, 0.5) is 0 Å². The van der Waals surface area contributed by atoms with Gasteiger partial charge in [-0.25, -0.2) is 0 Å². The Kier molecular flexibility index (Phi) is 4.32. The van der Waals surface area contributed by atoms with Gasteiger partial charge in [-0.05, 0) is 32.5 Å². The second kappa shape index (κ2) is 5.78. The third-order valence-electron chi connectivity index (χ3n) is 3.82. The minimum atomic E-state index is 0.293. The monoisotopic (exact) mass is 248 g/mol. The smallest absolute Gasteiger partial charge is 0.0489 e. The standard InChI is InChI=1S/C14H24N4/c1-11-4-5-13(9-16-11)14(8-15)18-7-6-17(3)10-12(18)2/h4-5,9,12,14H,6-8,10,15H2,1-3H3. The van der Waals surface area contributed by atoms with Gasteiger partial charge in [-0.3, -0.25) is 9.88 Å². The summed E-state index contributed by atoms with van der Waals surface area (Å²) in [6, 6.07) is 5.06. The summed E-state index contributed by atoms with van der Waals surface area (Å²) in [6.07, 6.45) is 1.97. The maximum absolute atomic E-state index is 5.99. The molecule has 2 N–H and O–H groups in total. The molecule has 2 atom stereocenters. The average molecular weight is 248 g/mol. The molecule has 2 rings (SSSR count). The van der Waals surface area contributed by atoms with Crippen molar-refractivity contribution in [3.05, 3.63) is 29.6 Å². The molecule has 0 saturated carbocycles. The molecule has 1 aromatic rings. The number of likely N-dealkylation sites (N-methyl/N-ethyl adjacent to an activating group) is 1. The number of hydrogen-bond acceptors (Lipinski definition) is 4. The zero-order valence-electron chi connectivity index (χ0n) is 11.6. The second-order valence-corrected chi connectivity index (χ2v) is 5.33. The van der Waals surface area contributed by atoms with Crippen molar-refractivity contribution >= 4 is 0 Å². The van der Waals surface area contributed by atoms with E-state index in [1.54, 1.807) is 0 Å². The molecule has 4 heteroatoms. The van der Waals surface area contributed by atoms with Crippen LogP contribution in [0.3, 0.4) is 0 Å². The molecule has 0 aromatic carbocycles. The summed E-state index contributed by atoms with van der Waals surface area (Å²) >= 11 is 0. The van der Waals surface area contributed by atoms with Crippen LogP contribution in [-0.4, -0.2) is 54.1 Å². The van der Waals surface area contributed by atoms with Crippen LogP contribution in [-0.2, 0) is 0 Å². The van der Waals surface area contributed by atoms with Gasteiger partial charge in [0, 0.05) is 50.2 Å². The third-order valence-corrected chi connectivity index (χ3v) is 3.82. The predicted molar refractivity (Wildman–Crippen MR) is 74.4 cm³/mol. The number of piperazine rings is 1. The molecule has 1 aliphatic rings. The van der Waals surface area contributed by atoms with Gasteiger partial charge in [0.05, 0.1) is 0 Å². The highest BCUT2D eigenvalue weighted by Crippen LogP contribution is 2.23. The van der Waals surface area contributed by atoms with Crippen LogP contribution in [0.25, 0.3) is 0 Å². The maximum Gasteiger partial charge on any atom is 0.0489 e. The molecule has 18 heavy (non-hydrogen) atoms. The Morgan fingerprint density at radius 2 is 2.22 bits per heavy atom. The van der Waals surface area contributed by atoms with Crippen LogP contribution in [0.15, 0.2) is 18.3 Å². The van der Waals surface area contributed by atoms with E-state index in [0.29, 0.717) is 18.6 Å². The first-order valence-corrected chi connectivity index (χ1v) is 6.68. The largest absolute Gasteiger partial charge is 0.329 e. The van der Waals surface area contributed by atoms with E-state index in [0.717, 1.165) is 25.3 Å². The van der Waals surface area contributed by atoms with E-state index in [1.165, 1.54) is 5.56 Å². The van der Waals surface area contributed by atoms with Crippen LogP contribution < -0.4 is 5.73 Å². The van der Waals surface area contributed by atoms with Crippen molar-refractivity contribution in [2.75, 3.05) is 33.2 Å². The fraction of sp³-hybridized carbons (Fsp3) is 0.643. The third kappa shape index (κ3) is 2.88. The highest BCUT2D eigenvalue weighted by molar-refractivity contribution is 5.18. The zero-order chi connectivity index (χ0) is 13.1. The number of nitrogens with two attached hydrogens (primary N) is 1. The van der Waals surface area contributed by atoms with Crippen molar-refractivity contribution in [3.8, 4) is 0 Å². The van der Waals surface area contributed by atoms with Crippen molar-refractivity contribution in [1.29, 1.82) is 0 Å². The van der Waals surface area contributed by atoms with Crippen molar-refractivity contribution in [2.24, 2.45) is 5.73 Å². The summed E-state index contributed by atoms with van der Waals surface area (Å²) in [5.74, 6) is 0. The van der Waals surface area contributed by atoms with Gasteiger partial charge in [0.25, 0.3) is 0 Å². The minimum absolute atomic E-state index is 0.293. The molecule has 2 heterocycles. The lowest BCUT2D eigenvalue weighted by atomic mass is 10.0. The molecular weight excluding hydrogens is 224 g/mol. The van der Waals surface area contributed by atoms with Crippen LogP contribution in [0.2, 0.25) is 0 Å². The molecule has 0 spiro atoms. The predicted octanol–water partition coefficient (Wildman–Crippen LogP) is 1.03. The van der Waals surface area contributed by atoms with Crippen LogP contribution in [0, 0.1) is 6.92 Å². The van der Waals surface area contributed by atoms with Gasteiger partial charge >= 0.3 is 0 Å². The molecule has 100 valence electrons. The van der Waals surface area contributed by atoms with Crippen LogP contribution in [0.5, 0.6) is 0 Å². The molecule has 2 unspecified atom stereocenters. The number of rotatable bonds is 3. The molecular formula is C14H24N4. The fourth-order valence-corrected chi connectivity index (χ4v) is 2.76. The Morgan fingerprint density at radius 1 is 1.44 bits per heavy atom. The van der Waals surface area contributed by atoms with Crippen LogP contribution in [0.1, 0.15) is 24.2 Å². The highest BCUT2D eigenvalue weighted by atomic mass is 15.3. The van der Waals surface area contributed by atoms with E-state index in [2.05, 4.69) is 40.9 Å². The lowest BCUT2D eigenvalue weighted by Gasteiger charge is -2.42. The fourth-order valence-electron chi connectivity index (χ4n) is 2.76. The molecule has 0 radical (unpaired) electrons. The Labute approximate surface area is 110 Å². The quantitative estimate of drug-likeness (QED) is 0.867. The number of hydrogen-bond donors (Lipinski definition) is 1. The normalized spacial score (nSPS) is 24.1. The molecule has 4 nitrogen and oxygen atoms in total. The summed E-state index contributed by atoms with van der Waals surface area (Å²) in [5, 5.41) is 0. The number of aryl methyl sites for hydroxylation is 1. The second-order valence-electron chi connectivity index (χ2n) is 5.33.